The molecule has 0 bridgehead atoms. The zero-order chi connectivity index (χ0) is 11.4. The van der Waals surface area contributed by atoms with Crippen LogP contribution >= 0.6 is 11.3 Å². The van der Waals surface area contributed by atoms with Gasteiger partial charge in [-0.2, -0.15) is 0 Å². The van der Waals surface area contributed by atoms with E-state index < -0.39 is 0 Å². The summed E-state index contributed by atoms with van der Waals surface area (Å²) >= 11 is 1.75. The van der Waals surface area contributed by atoms with Gasteiger partial charge in [-0.1, -0.05) is 13.3 Å². The van der Waals surface area contributed by atoms with Gasteiger partial charge in [0.1, 0.15) is 5.01 Å². The van der Waals surface area contributed by atoms with Gasteiger partial charge in [0, 0.05) is 18.4 Å². The molecule has 1 aromatic rings. The minimum Gasteiger partial charge on any atom is -0.396 e. The van der Waals surface area contributed by atoms with Crippen molar-refractivity contribution in [2.75, 3.05) is 19.7 Å². The maximum absolute atomic E-state index is 8.89. The van der Waals surface area contributed by atoms with E-state index in [-0.39, 0.29) is 6.61 Å². The molecule has 1 N–H and O–H groups in total. The molecule has 1 fully saturated rings. The van der Waals surface area contributed by atoms with Gasteiger partial charge in [0.15, 0.2) is 0 Å². The number of hydrogen-bond acceptors (Lipinski definition) is 4. The van der Waals surface area contributed by atoms with Crippen molar-refractivity contribution >= 4 is 11.3 Å². The number of likely N-dealkylation sites (tertiary alicyclic amines) is 1. The minimum atomic E-state index is 0.200. The highest BCUT2D eigenvalue weighted by Crippen LogP contribution is 2.32. The summed E-state index contributed by atoms with van der Waals surface area (Å²) in [4.78, 5) is 7.16. The van der Waals surface area contributed by atoms with Gasteiger partial charge in [-0.05, 0) is 25.9 Å². The van der Waals surface area contributed by atoms with Gasteiger partial charge in [-0.3, -0.25) is 4.90 Å². The second-order valence-corrected chi connectivity index (χ2v) is 5.18. The molecular weight excluding hydrogens is 220 g/mol. The normalized spacial score (nSPS) is 22.5. The van der Waals surface area contributed by atoms with Crippen LogP contribution < -0.4 is 0 Å². The van der Waals surface area contributed by atoms with Crippen molar-refractivity contribution in [3.05, 3.63) is 16.1 Å². The number of nitrogens with zero attached hydrogens (tertiary/aromatic N) is 2. The van der Waals surface area contributed by atoms with Crippen LogP contribution in [0.1, 0.15) is 42.9 Å². The number of piperidine rings is 1. The second kappa shape index (κ2) is 5.75. The van der Waals surface area contributed by atoms with Crippen LogP contribution in [0.4, 0.5) is 0 Å². The van der Waals surface area contributed by atoms with Crippen LogP contribution in [-0.4, -0.2) is 34.7 Å². The molecule has 1 aromatic heterocycles. The molecule has 2 rings (SSSR count). The molecule has 2 heterocycles. The molecular formula is C12H20N2OS. The van der Waals surface area contributed by atoms with Crippen molar-refractivity contribution < 1.29 is 5.11 Å². The Morgan fingerprint density at radius 2 is 2.44 bits per heavy atom. The van der Waals surface area contributed by atoms with E-state index in [2.05, 4.69) is 22.2 Å². The third-order valence-corrected chi connectivity index (χ3v) is 4.24. The highest BCUT2D eigenvalue weighted by Gasteiger charge is 2.24. The molecule has 1 aliphatic heterocycles. The summed E-state index contributed by atoms with van der Waals surface area (Å²) in [7, 11) is 0. The van der Waals surface area contributed by atoms with Crippen LogP contribution in [0.15, 0.2) is 5.38 Å². The van der Waals surface area contributed by atoms with Gasteiger partial charge in [-0.25, -0.2) is 4.98 Å². The Hall–Kier alpha value is -0.450. The van der Waals surface area contributed by atoms with E-state index in [0.29, 0.717) is 12.5 Å². The Bertz CT molecular complexity index is 327. The highest BCUT2D eigenvalue weighted by atomic mass is 32.1. The quantitative estimate of drug-likeness (QED) is 0.876. The molecule has 0 radical (unpaired) electrons. The summed E-state index contributed by atoms with van der Waals surface area (Å²) in [5.41, 5.74) is 1.05. The predicted octanol–water partition coefficient (Wildman–Crippen LogP) is 2.22. The number of aliphatic hydroxyl groups excluding tert-OH is 1. The van der Waals surface area contributed by atoms with Gasteiger partial charge in [0.05, 0.1) is 11.7 Å². The molecule has 1 saturated heterocycles. The number of aromatic nitrogens is 1. The summed E-state index contributed by atoms with van der Waals surface area (Å²) in [6, 6.07) is 0.524. The summed E-state index contributed by atoms with van der Waals surface area (Å²) in [6.45, 7) is 4.74. The fourth-order valence-electron chi connectivity index (χ4n) is 2.35. The van der Waals surface area contributed by atoms with Gasteiger partial charge >= 0.3 is 0 Å². The molecule has 0 aromatic carbocycles. The number of rotatable bonds is 4. The SMILES string of the molecule is CCN1CCCCC1c1nc(CCO)cs1. The Kier molecular flexibility index (Phi) is 4.32. The maximum Gasteiger partial charge on any atom is 0.110 e. The molecule has 0 spiro atoms. The second-order valence-electron chi connectivity index (χ2n) is 4.29. The van der Waals surface area contributed by atoms with E-state index >= 15 is 0 Å². The summed E-state index contributed by atoms with van der Waals surface area (Å²) in [5.74, 6) is 0. The third kappa shape index (κ3) is 2.62. The molecule has 90 valence electrons. The maximum atomic E-state index is 8.89. The highest BCUT2D eigenvalue weighted by molar-refractivity contribution is 7.09. The lowest BCUT2D eigenvalue weighted by Crippen LogP contribution is -2.33. The standard InChI is InChI=1S/C12H20N2OS/c1-2-14-7-4-3-5-11(14)12-13-10(6-8-15)9-16-12/h9,11,15H,2-8H2,1H3. The number of hydrogen-bond donors (Lipinski definition) is 1. The van der Waals surface area contributed by atoms with E-state index in [4.69, 9.17) is 5.11 Å². The van der Waals surface area contributed by atoms with Crippen LogP contribution in [0.2, 0.25) is 0 Å². The van der Waals surface area contributed by atoms with E-state index in [1.807, 2.05) is 0 Å². The molecule has 1 atom stereocenters. The molecule has 3 nitrogen and oxygen atoms in total. The topological polar surface area (TPSA) is 36.4 Å². The molecule has 0 aliphatic carbocycles. The smallest absolute Gasteiger partial charge is 0.110 e. The van der Waals surface area contributed by atoms with Crippen molar-refractivity contribution in [1.29, 1.82) is 0 Å². The van der Waals surface area contributed by atoms with Gasteiger partial charge in [0.2, 0.25) is 0 Å². The number of aliphatic hydroxyl groups is 1. The first kappa shape index (κ1) is 12.0. The van der Waals surface area contributed by atoms with Gasteiger partial charge < -0.3 is 5.11 Å². The lowest BCUT2D eigenvalue weighted by molar-refractivity contribution is 0.156. The zero-order valence-electron chi connectivity index (χ0n) is 9.85. The van der Waals surface area contributed by atoms with Crippen LogP contribution in [0.25, 0.3) is 0 Å². The minimum absolute atomic E-state index is 0.200. The van der Waals surface area contributed by atoms with Crippen molar-refractivity contribution in [2.24, 2.45) is 0 Å². The average Bonchev–Trinajstić information content (AvgIpc) is 2.78. The molecule has 4 heteroatoms. The molecule has 0 amide bonds. The Morgan fingerprint density at radius 3 is 3.19 bits per heavy atom. The molecule has 16 heavy (non-hydrogen) atoms. The Morgan fingerprint density at radius 1 is 1.56 bits per heavy atom. The van der Waals surface area contributed by atoms with Gasteiger partial charge in [0.25, 0.3) is 0 Å². The van der Waals surface area contributed by atoms with Crippen molar-refractivity contribution in [2.45, 2.75) is 38.6 Å². The largest absolute Gasteiger partial charge is 0.396 e. The first-order chi connectivity index (χ1) is 7.85. The summed E-state index contributed by atoms with van der Waals surface area (Å²) < 4.78 is 0. The molecule has 1 aliphatic rings. The van der Waals surface area contributed by atoms with Crippen LogP contribution in [-0.2, 0) is 6.42 Å². The van der Waals surface area contributed by atoms with Crippen LogP contribution in [0, 0.1) is 0 Å². The average molecular weight is 240 g/mol. The molecule has 1 unspecified atom stereocenters. The van der Waals surface area contributed by atoms with Gasteiger partial charge in [-0.15, -0.1) is 11.3 Å². The Balaban J connectivity index is 2.08. The third-order valence-electron chi connectivity index (χ3n) is 3.24. The monoisotopic (exact) mass is 240 g/mol. The van der Waals surface area contributed by atoms with Crippen molar-refractivity contribution in [3.63, 3.8) is 0 Å². The number of thiazole rings is 1. The lowest BCUT2D eigenvalue weighted by atomic mass is 10.0. The lowest BCUT2D eigenvalue weighted by Gasteiger charge is -2.33. The van der Waals surface area contributed by atoms with Crippen molar-refractivity contribution in [1.82, 2.24) is 9.88 Å². The van der Waals surface area contributed by atoms with E-state index in [1.165, 1.54) is 30.8 Å². The van der Waals surface area contributed by atoms with Crippen LogP contribution in [0.3, 0.4) is 0 Å². The Labute approximate surface area is 101 Å². The predicted molar refractivity (Wildman–Crippen MR) is 66.7 cm³/mol. The first-order valence-corrected chi connectivity index (χ1v) is 7.02. The molecule has 0 saturated carbocycles. The summed E-state index contributed by atoms with van der Waals surface area (Å²) in [5, 5.41) is 12.2. The summed E-state index contributed by atoms with van der Waals surface area (Å²) in [6.07, 6.45) is 4.56. The fourth-order valence-corrected chi connectivity index (χ4v) is 3.38. The van der Waals surface area contributed by atoms with E-state index in [1.54, 1.807) is 11.3 Å². The zero-order valence-corrected chi connectivity index (χ0v) is 10.7. The van der Waals surface area contributed by atoms with Crippen LogP contribution in [0.5, 0.6) is 0 Å². The van der Waals surface area contributed by atoms with Crippen molar-refractivity contribution in [3.8, 4) is 0 Å². The van der Waals surface area contributed by atoms with E-state index in [0.717, 1.165) is 12.2 Å². The van der Waals surface area contributed by atoms with E-state index in [9.17, 15) is 0 Å². The fraction of sp³-hybridized carbons (Fsp3) is 0.750. The first-order valence-electron chi connectivity index (χ1n) is 6.14.